The van der Waals surface area contributed by atoms with Crippen molar-refractivity contribution in [3.05, 3.63) is 28.0 Å². The predicted octanol–water partition coefficient (Wildman–Crippen LogP) is 4.21. The first kappa shape index (κ1) is 14.7. The molecular weight excluding hydrogens is 327 g/mol. The molecule has 1 aliphatic rings. The van der Waals surface area contributed by atoms with Crippen LogP contribution in [0.5, 0.6) is 0 Å². The number of hydrogen-bond acceptors (Lipinski definition) is 2. The van der Waals surface area contributed by atoms with E-state index in [0.29, 0.717) is 21.8 Å². The first-order valence-electron chi connectivity index (χ1n) is 6.37. The van der Waals surface area contributed by atoms with Gasteiger partial charge >= 0.3 is 0 Å². The molecule has 3 N–H and O–H groups in total. The summed E-state index contributed by atoms with van der Waals surface area (Å²) in [5.41, 5.74) is 6.79. The molecule has 0 amide bonds. The third-order valence-electron chi connectivity index (χ3n) is 3.93. The van der Waals surface area contributed by atoms with Gasteiger partial charge in [0.05, 0.1) is 10.2 Å². The number of thiocarbonyl (C=S) groups is 1. The molecule has 1 aliphatic carbocycles. The van der Waals surface area contributed by atoms with Gasteiger partial charge in [-0.3, -0.25) is 0 Å². The van der Waals surface area contributed by atoms with Crippen molar-refractivity contribution in [2.45, 2.75) is 39.2 Å². The van der Waals surface area contributed by atoms with Gasteiger partial charge < -0.3 is 11.1 Å². The van der Waals surface area contributed by atoms with Gasteiger partial charge in [-0.25, -0.2) is 4.39 Å². The topological polar surface area (TPSA) is 38.0 Å². The van der Waals surface area contributed by atoms with E-state index in [4.69, 9.17) is 18.0 Å². The molecule has 2 rings (SSSR count). The highest BCUT2D eigenvalue weighted by Crippen LogP contribution is 2.40. The number of hydrogen-bond donors (Lipinski definition) is 2. The highest BCUT2D eigenvalue weighted by molar-refractivity contribution is 9.10. The van der Waals surface area contributed by atoms with E-state index in [0.717, 1.165) is 6.42 Å². The van der Waals surface area contributed by atoms with Crippen LogP contribution in [0.1, 0.15) is 38.7 Å². The van der Waals surface area contributed by atoms with Crippen LogP contribution < -0.4 is 11.1 Å². The molecule has 0 bridgehead atoms. The van der Waals surface area contributed by atoms with Crippen LogP contribution >= 0.6 is 28.1 Å². The number of nitrogens with two attached hydrogens (primary N) is 1. The molecule has 1 aromatic rings. The van der Waals surface area contributed by atoms with Crippen molar-refractivity contribution in [3.63, 3.8) is 0 Å². The van der Waals surface area contributed by atoms with Gasteiger partial charge in [0.1, 0.15) is 4.99 Å². The van der Waals surface area contributed by atoms with Gasteiger partial charge in [0, 0.05) is 11.6 Å². The zero-order chi connectivity index (χ0) is 14.2. The van der Waals surface area contributed by atoms with Crippen LogP contribution in [-0.2, 0) is 0 Å². The minimum atomic E-state index is -0.326. The van der Waals surface area contributed by atoms with Crippen LogP contribution in [0.3, 0.4) is 0 Å². The zero-order valence-electron chi connectivity index (χ0n) is 11.1. The quantitative estimate of drug-likeness (QED) is 0.806. The van der Waals surface area contributed by atoms with Gasteiger partial charge in [-0.2, -0.15) is 0 Å². The summed E-state index contributed by atoms with van der Waals surface area (Å²) in [4.78, 5) is 0.193. The molecule has 2 nitrogen and oxygen atoms in total. The Labute approximate surface area is 127 Å². The number of nitrogens with one attached hydrogen (secondary N) is 1. The molecule has 0 radical (unpaired) electrons. The lowest BCUT2D eigenvalue weighted by atomic mass is 9.87. The molecule has 104 valence electrons. The van der Waals surface area contributed by atoms with Crippen molar-refractivity contribution in [2.75, 3.05) is 5.32 Å². The van der Waals surface area contributed by atoms with Crippen molar-refractivity contribution in [2.24, 2.45) is 11.1 Å². The average Bonchev–Trinajstić information content (AvgIpc) is 2.64. The Hall–Kier alpha value is -0.680. The van der Waals surface area contributed by atoms with Crippen LogP contribution in [-0.4, -0.2) is 11.0 Å². The summed E-state index contributed by atoms with van der Waals surface area (Å²) in [5, 5.41) is 3.32. The number of halogens is 2. The maximum atomic E-state index is 14.3. The zero-order valence-corrected chi connectivity index (χ0v) is 13.5. The average molecular weight is 345 g/mol. The van der Waals surface area contributed by atoms with E-state index in [2.05, 4.69) is 35.1 Å². The second-order valence-corrected chi connectivity index (χ2v) is 6.96. The molecule has 0 saturated heterocycles. The second-order valence-electron chi connectivity index (χ2n) is 5.73. The van der Waals surface area contributed by atoms with Gasteiger partial charge in [0.25, 0.3) is 0 Å². The van der Waals surface area contributed by atoms with Gasteiger partial charge in [0.2, 0.25) is 0 Å². The SMILES string of the molecule is CC1(C)CCCC1Nc1ccc(C(N)=S)c(Br)c1F. The van der Waals surface area contributed by atoms with E-state index in [1.807, 2.05) is 0 Å². The number of rotatable bonds is 3. The molecule has 1 fully saturated rings. The molecule has 19 heavy (non-hydrogen) atoms. The van der Waals surface area contributed by atoms with Crippen molar-refractivity contribution in [1.29, 1.82) is 0 Å². The van der Waals surface area contributed by atoms with Crippen LogP contribution in [0.4, 0.5) is 10.1 Å². The first-order chi connectivity index (χ1) is 8.83. The fourth-order valence-electron chi connectivity index (χ4n) is 2.63. The van der Waals surface area contributed by atoms with E-state index < -0.39 is 0 Å². The molecule has 0 aliphatic heterocycles. The first-order valence-corrected chi connectivity index (χ1v) is 7.57. The molecule has 0 spiro atoms. The highest BCUT2D eigenvalue weighted by Gasteiger charge is 2.34. The number of anilines is 1. The summed E-state index contributed by atoms with van der Waals surface area (Å²) in [6.07, 6.45) is 3.41. The Bertz CT molecular complexity index is 516. The Morgan fingerprint density at radius 1 is 1.53 bits per heavy atom. The summed E-state index contributed by atoms with van der Waals surface area (Å²) in [6.45, 7) is 4.43. The molecule has 1 atom stereocenters. The van der Waals surface area contributed by atoms with Crippen LogP contribution in [0.25, 0.3) is 0 Å². The Morgan fingerprint density at radius 3 is 2.74 bits per heavy atom. The molecular formula is C14H18BrFN2S. The molecule has 1 aromatic carbocycles. The Kier molecular flexibility index (Phi) is 4.16. The van der Waals surface area contributed by atoms with E-state index in [1.54, 1.807) is 12.1 Å². The lowest BCUT2D eigenvalue weighted by Crippen LogP contribution is -2.31. The fraction of sp³-hybridized carbons (Fsp3) is 0.500. The van der Waals surface area contributed by atoms with E-state index in [1.165, 1.54) is 12.8 Å². The number of benzene rings is 1. The minimum absolute atomic E-state index is 0.193. The maximum absolute atomic E-state index is 14.3. The molecule has 1 saturated carbocycles. The molecule has 0 aromatic heterocycles. The lowest BCUT2D eigenvalue weighted by Gasteiger charge is -2.29. The second kappa shape index (κ2) is 5.37. The Morgan fingerprint density at radius 2 is 2.21 bits per heavy atom. The van der Waals surface area contributed by atoms with Gasteiger partial charge in [0.15, 0.2) is 5.82 Å². The standard InChI is InChI=1S/C14H18BrFN2S/c1-14(2)7-3-4-10(14)18-9-6-5-8(13(17)19)11(15)12(9)16/h5-6,10,18H,3-4,7H2,1-2H3,(H2,17,19). The predicted molar refractivity (Wildman–Crippen MR) is 85.0 cm³/mol. The molecule has 1 unspecified atom stereocenters. The normalized spacial score (nSPS) is 21.4. The monoisotopic (exact) mass is 344 g/mol. The highest BCUT2D eigenvalue weighted by atomic mass is 79.9. The largest absolute Gasteiger partial charge is 0.389 e. The van der Waals surface area contributed by atoms with Crippen molar-refractivity contribution in [3.8, 4) is 0 Å². The summed E-state index contributed by atoms with van der Waals surface area (Å²) in [7, 11) is 0. The smallest absolute Gasteiger partial charge is 0.161 e. The van der Waals surface area contributed by atoms with Crippen molar-refractivity contribution in [1.82, 2.24) is 0 Å². The van der Waals surface area contributed by atoms with Crippen LogP contribution in [0.15, 0.2) is 16.6 Å². The van der Waals surface area contributed by atoms with E-state index in [-0.39, 0.29) is 16.2 Å². The summed E-state index contributed by atoms with van der Waals surface area (Å²) >= 11 is 8.12. The van der Waals surface area contributed by atoms with Gasteiger partial charge in [-0.1, -0.05) is 32.5 Å². The van der Waals surface area contributed by atoms with Gasteiger partial charge in [-0.15, -0.1) is 0 Å². The van der Waals surface area contributed by atoms with Crippen molar-refractivity contribution >= 4 is 38.8 Å². The van der Waals surface area contributed by atoms with Crippen LogP contribution in [0.2, 0.25) is 0 Å². The summed E-state index contributed by atoms with van der Waals surface area (Å²) in [5.74, 6) is -0.326. The van der Waals surface area contributed by atoms with E-state index >= 15 is 0 Å². The van der Waals surface area contributed by atoms with Gasteiger partial charge in [-0.05, 0) is 46.3 Å². The fourth-order valence-corrected chi connectivity index (χ4v) is 3.49. The molecule has 5 heteroatoms. The Balaban J connectivity index is 2.27. The van der Waals surface area contributed by atoms with Crippen LogP contribution in [0, 0.1) is 11.2 Å². The molecule has 0 heterocycles. The minimum Gasteiger partial charge on any atom is -0.389 e. The maximum Gasteiger partial charge on any atom is 0.161 e. The third kappa shape index (κ3) is 2.92. The summed E-state index contributed by atoms with van der Waals surface area (Å²) in [6, 6.07) is 3.76. The lowest BCUT2D eigenvalue weighted by molar-refractivity contribution is 0.349. The van der Waals surface area contributed by atoms with Crippen molar-refractivity contribution < 1.29 is 4.39 Å². The third-order valence-corrected chi connectivity index (χ3v) is 4.93. The summed E-state index contributed by atoms with van der Waals surface area (Å²) < 4.78 is 14.6. The van der Waals surface area contributed by atoms with E-state index in [9.17, 15) is 4.39 Å².